The van der Waals surface area contributed by atoms with Crippen molar-refractivity contribution in [3.63, 3.8) is 0 Å². The molecule has 0 saturated carbocycles. The fraction of sp³-hybridized carbons (Fsp3) is 0.320. The van der Waals surface area contributed by atoms with Crippen molar-refractivity contribution in [1.29, 1.82) is 0 Å². The highest BCUT2D eigenvalue weighted by molar-refractivity contribution is 9.11. The molecule has 0 bridgehead atoms. The molecule has 2 aromatic carbocycles. The van der Waals surface area contributed by atoms with Gasteiger partial charge in [0, 0.05) is 13.1 Å². The zero-order chi connectivity index (χ0) is 24.2. The molecule has 2 aromatic rings. The lowest BCUT2D eigenvalue weighted by Gasteiger charge is -2.27. The van der Waals surface area contributed by atoms with E-state index >= 15 is 0 Å². The number of likely N-dealkylation sites (tertiary alicyclic amines) is 1. The van der Waals surface area contributed by atoms with E-state index in [9.17, 15) is 14.4 Å². The maximum atomic E-state index is 12.9. The number of nitrogens with zero attached hydrogens (tertiary/aromatic N) is 2. The molecule has 2 saturated heterocycles. The van der Waals surface area contributed by atoms with Crippen molar-refractivity contribution in [3.05, 3.63) is 66.9 Å². The Hall–Kier alpha value is -2.10. The van der Waals surface area contributed by atoms with Gasteiger partial charge < -0.3 is 9.64 Å². The standard InChI is InChI=1S/C25H24Br2N2O4S/c1-16-5-7-17(8-6-16)15-33-23-19(26)11-18(12-20(23)27)13-21-24(31)29(25(32)34-21)14-22(30)28-9-3-2-4-10-28/h5-8,11-13H,2-4,9-10,14-15H2,1H3/b21-13-. The first kappa shape index (κ1) is 25.0. The molecular formula is C25H24Br2N2O4S. The summed E-state index contributed by atoms with van der Waals surface area (Å²) >= 11 is 7.95. The Morgan fingerprint density at radius 2 is 1.71 bits per heavy atom. The second-order valence-electron chi connectivity index (χ2n) is 8.30. The summed E-state index contributed by atoms with van der Waals surface area (Å²) in [5.41, 5.74) is 2.98. The van der Waals surface area contributed by atoms with E-state index in [0.29, 0.717) is 30.4 Å². The van der Waals surface area contributed by atoms with E-state index in [1.54, 1.807) is 11.0 Å². The summed E-state index contributed by atoms with van der Waals surface area (Å²) < 4.78 is 7.43. The Balaban J connectivity index is 1.44. The summed E-state index contributed by atoms with van der Waals surface area (Å²) in [4.78, 5) is 40.9. The molecule has 0 aromatic heterocycles. The van der Waals surface area contributed by atoms with Crippen molar-refractivity contribution in [2.45, 2.75) is 32.8 Å². The molecule has 0 atom stereocenters. The highest BCUT2D eigenvalue weighted by Crippen LogP contribution is 2.38. The van der Waals surface area contributed by atoms with Crippen LogP contribution in [0.15, 0.2) is 50.2 Å². The number of carbonyl (C=O) groups is 3. The fourth-order valence-corrected chi connectivity index (χ4v) is 6.10. The molecule has 9 heteroatoms. The lowest BCUT2D eigenvalue weighted by Crippen LogP contribution is -2.44. The second-order valence-corrected chi connectivity index (χ2v) is 11.0. The first-order chi connectivity index (χ1) is 16.3. The molecular weight excluding hydrogens is 584 g/mol. The fourth-order valence-electron chi connectivity index (χ4n) is 3.81. The number of ether oxygens (including phenoxy) is 1. The second kappa shape index (κ2) is 11.1. The van der Waals surface area contributed by atoms with Gasteiger partial charge in [0.25, 0.3) is 11.1 Å². The number of halogens is 2. The lowest BCUT2D eigenvalue weighted by atomic mass is 10.1. The molecule has 0 radical (unpaired) electrons. The number of hydrogen-bond donors (Lipinski definition) is 0. The maximum Gasteiger partial charge on any atom is 0.294 e. The number of carbonyl (C=O) groups excluding carboxylic acids is 3. The summed E-state index contributed by atoms with van der Waals surface area (Å²) in [6.07, 6.45) is 4.69. The van der Waals surface area contributed by atoms with E-state index in [4.69, 9.17) is 4.74 Å². The van der Waals surface area contributed by atoms with E-state index in [1.807, 2.05) is 43.3 Å². The molecule has 0 N–H and O–H groups in total. The Labute approximate surface area is 220 Å². The number of thioether (sulfide) groups is 1. The van der Waals surface area contributed by atoms with E-state index in [-0.39, 0.29) is 12.5 Å². The third kappa shape index (κ3) is 5.93. The molecule has 0 aliphatic carbocycles. The first-order valence-corrected chi connectivity index (χ1v) is 13.4. The minimum Gasteiger partial charge on any atom is -0.487 e. The van der Waals surface area contributed by atoms with E-state index in [2.05, 4.69) is 31.9 Å². The van der Waals surface area contributed by atoms with E-state index < -0.39 is 11.1 Å². The number of rotatable bonds is 6. The molecule has 2 aliphatic rings. The molecule has 3 amide bonds. The number of benzene rings is 2. The van der Waals surface area contributed by atoms with Gasteiger partial charge in [0.05, 0.1) is 13.9 Å². The zero-order valence-electron chi connectivity index (χ0n) is 18.7. The maximum absolute atomic E-state index is 12.9. The smallest absolute Gasteiger partial charge is 0.294 e. The van der Waals surface area contributed by atoms with Gasteiger partial charge in [-0.05, 0) is 99.1 Å². The van der Waals surface area contributed by atoms with Gasteiger partial charge in [0.2, 0.25) is 5.91 Å². The van der Waals surface area contributed by atoms with Crippen molar-refractivity contribution < 1.29 is 19.1 Å². The number of hydrogen-bond acceptors (Lipinski definition) is 5. The number of amides is 3. The van der Waals surface area contributed by atoms with E-state index in [0.717, 1.165) is 56.0 Å². The highest BCUT2D eigenvalue weighted by Gasteiger charge is 2.37. The van der Waals surface area contributed by atoms with Crippen LogP contribution in [0.3, 0.4) is 0 Å². The molecule has 4 rings (SSSR count). The van der Waals surface area contributed by atoms with Crippen LogP contribution in [-0.4, -0.2) is 46.5 Å². The molecule has 2 aliphatic heterocycles. The van der Waals surface area contributed by atoms with Crippen LogP contribution < -0.4 is 4.74 Å². The third-order valence-corrected chi connectivity index (χ3v) is 7.78. The quantitative estimate of drug-likeness (QED) is 0.369. The summed E-state index contributed by atoms with van der Waals surface area (Å²) in [5, 5.41) is -0.419. The number of piperidine rings is 1. The summed E-state index contributed by atoms with van der Waals surface area (Å²) in [5.74, 6) is 0.0362. The van der Waals surface area contributed by atoms with Crippen LogP contribution in [0.5, 0.6) is 5.75 Å². The Kier molecular flexibility index (Phi) is 8.16. The summed E-state index contributed by atoms with van der Waals surface area (Å²) in [6, 6.07) is 11.8. The summed E-state index contributed by atoms with van der Waals surface area (Å²) in [6.45, 7) is 3.62. The Bertz CT molecular complexity index is 1120. The van der Waals surface area contributed by atoms with Crippen molar-refractivity contribution >= 4 is 66.8 Å². The van der Waals surface area contributed by atoms with Crippen molar-refractivity contribution in [1.82, 2.24) is 9.80 Å². The number of imide groups is 1. The normalized spacial score (nSPS) is 17.6. The average Bonchev–Trinajstić information content (AvgIpc) is 3.07. The zero-order valence-corrected chi connectivity index (χ0v) is 22.7. The van der Waals surface area contributed by atoms with Crippen molar-refractivity contribution in [3.8, 4) is 5.75 Å². The molecule has 178 valence electrons. The third-order valence-electron chi connectivity index (χ3n) is 5.70. The van der Waals surface area contributed by atoms with Gasteiger partial charge in [-0.15, -0.1) is 0 Å². The van der Waals surface area contributed by atoms with Gasteiger partial charge >= 0.3 is 0 Å². The predicted molar refractivity (Wildman–Crippen MR) is 140 cm³/mol. The predicted octanol–water partition coefficient (Wildman–Crippen LogP) is 6.15. The monoisotopic (exact) mass is 606 g/mol. The van der Waals surface area contributed by atoms with Gasteiger partial charge in [0.15, 0.2) is 0 Å². The van der Waals surface area contributed by atoms with Gasteiger partial charge in [0.1, 0.15) is 18.9 Å². The molecule has 2 fully saturated rings. The van der Waals surface area contributed by atoms with E-state index in [1.165, 1.54) is 5.56 Å². The van der Waals surface area contributed by atoms with Crippen LogP contribution in [-0.2, 0) is 16.2 Å². The van der Waals surface area contributed by atoms with Gasteiger partial charge in [-0.25, -0.2) is 0 Å². The Morgan fingerprint density at radius 1 is 1.06 bits per heavy atom. The molecule has 2 heterocycles. The van der Waals surface area contributed by atoms with Crippen LogP contribution in [0.2, 0.25) is 0 Å². The van der Waals surface area contributed by atoms with Gasteiger partial charge in [-0.1, -0.05) is 29.8 Å². The number of aryl methyl sites for hydroxylation is 1. The summed E-state index contributed by atoms with van der Waals surface area (Å²) in [7, 11) is 0. The molecule has 0 unspecified atom stereocenters. The Morgan fingerprint density at radius 3 is 2.35 bits per heavy atom. The topological polar surface area (TPSA) is 66.9 Å². The van der Waals surface area contributed by atoms with Crippen molar-refractivity contribution in [2.75, 3.05) is 19.6 Å². The SMILES string of the molecule is Cc1ccc(COc2c(Br)cc(/C=C3\SC(=O)N(CC(=O)N4CCCCC4)C3=O)cc2Br)cc1. The lowest BCUT2D eigenvalue weighted by molar-refractivity contribution is -0.136. The van der Waals surface area contributed by atoms with Crippen molar-refractivity contribution in [2.24, 2.45) is 0 Å². The van der Waals surface area contributed by atoms with Crippen LogP contribution >= 0.6 is 43.6 Å². The molecule has 34 heavy (non-hydrogen) atoms. The van der Waals surface area contributed by atoms with Crippen LogP contribution in [0.25, 0.3) is 6.08 Å². The average molecular weight is 608 g/mol. The van der Waals surface area contributed by atoms with Crippen LogP contribution in [0, 0.1) is 6.92 Å². The minimum atomic E-state index is -0.438. The van der Waals surface area contributed by atoms with Crippen LogP contribution in [0.1, 0.15) is 36.0 Å². The minimum absolute atomic E-state index is 0.177. The molecule has 6 nitrogen and oxygen atoms in total. The van der Waals surface area contributed by atoms with Crippen LogP contribution in [0.4, 0.5) is 4.79 Å². The highest BCUT2D eigenvalue weighted by atomic mass is 79.9. The van der Waals surface area contributed by atoms with Gasteiger partial charge in [-0.2, -0.15) is 0 Å². The van der Waals surface area contributed by atoms with Gasteiger partial charge in [-0.3, -0.25) is 19.3 Å². The largest absolute Gasteiger partial charge is 0.487 e. The first-order valence-electron chi connectivity index (χ1n) is 11.0. The molecule has 0 spiro atoms.